The second-order valence-corrected chi connectivity index (χ2v) is 4.91. The average molecular weight is 302 g/mol. The minimum Gasteiger partial charge on any atom is -0.329 e. The lowest BCUT2D eigenvalue weighted by molar-refractivity contribution is -0.122. The lowest BCUT2D eigenvalue weighted by atomic mass is 10.2. The first-order valence-corrected chi connectivity index (χ1v) is 6.35. The quantitative estimate of drug-likeness (QED) is 0.686. The van der Waals surface area contributed by atoms with E-state index in [0.717, 1.165) is 23.1 Å². The number of rotatable bonds is 3. The molecule has 0 aromatic heterocycles. The Kier molecular flexibility index (Phi) is 4.15. The Morgan fingerprint density at radius 1 is 1.20 bits per heavy atom. The first kappa shape index (κ1) is 14.6. The molecule has 0 spiro atoms. The Hall–Kier alpha value is -1.80. The molecule has 2 N–H and O–H groups in total. The fourth-order valence-corrected chi connectivity index (χ4v) is 2.50. The first-order chi connectivity index (χ1) is 9.43. The number of thioether (sulfide) groups is 1. The number of halogens is 3. The Balaban J connectivity index is 2.33. The van der Waals surface area contributed by atoms with Crippen molar-refractivity contribution in [3.8, 4) is 0 Å². The van der Waals surface area contributed by atoms with Crippen molar-refractivity contribution < 1.29 is 22.8 Å². The lowest BCUT2D eigenvalue weighted by Gasteiger charge is -2.09. The molecule has 2 rings (SSSR count). The number of carbonyl (C=O) groups excluding carboxylic acids is 2. The largest absolute Gasteiger partial charge is 0.329 e. The van der Waals surface area contributed by atoms with Gasteiger partial charge in [0.25, 0.3) is 11.1 Å². The van der Waals surface area contributed by atoms with E-state index in [1.807, 2.05) is 0 Å². The Morgan fingerprint density at radius 3 is 2.35 bits per heavy atom. The number of nitrogens with zero attached hydrogens (tertiary/aromatic N) is 1. The molecule has 20 heavy (non-hydrogen) atoms. The van der Waals surface area contributed by atoms with Crippen LogP contribution in [0, 0.1) is 17.5 Å². The highest BCUT2D eigenvalue weighted by Gasteiger charge is 2.34. The highest BCUT2D eigenvalue weighted by molar-refractivity contribution is 8.18. The molecule has 1 heterocycles. The van der Waals surface area contributed by atoms with Gasteiger partial charge in [0.2, 0.25) is 0 Å². The molecule has 0 unspecified atom stereocenters. The van der Waals surface area contributed by atoms with Crippen LogP contribution in [-0.2, 0) is 4.79 Å². The van der Waals surface area contributed by atoms with Crippen LogP contribution in [-0.4, -0.2) is 29.1 Å². The van der Waals surface area contributed by atoms with Gasteiger partial charge >= 0.3 is 0 Å². The van der Waals surface area contributed by atoms with Crippen molar-refractivity contribution in [2.24, 2.45) is 5.73 Å². The minimum absolute atomic E-state index is 0.00820. The van der Waals surface area contributed by atoms with Crippen LogP contribution < -0.4 is 5.73 Å². The summed E-state index contributed by atoms with van der Waals surface area (Å²) in [6.07, 6.45) is 1.13. The van der Waals surface area contributed by atoms with Gasteiger partial charge in [0.15, 0.2) is 17.5 Å². The van der Waals surface area contributed by atoms with E-state index in [9.17, 15) is 22.8 Å². The monoisotopic (exact) mass is 302 g/mol. The maximum atomic E-state index is 13.1. The molecule has 1 aliphatic rings. The third kappa shape index (κ3) is 2.70. The standard InChI is InChI=1S/C12H9F3N2O2S/c13-7-3-6(4-8(14)10(7)15)5-9-11(18)17(2-1-16)12(19)20-9/h3-5H,1-2,16H2. The van der Waals surface area contributed by atoms with Crippen LogP contribution in [0.2, 0.25) is 0 Å². The van der Waals surface area contributed by atoms with Gasteiger partial charge in [-0.3, -0.25) is 14.5 Å². The molecule has 0 atom stereocenters. The fourth-order valence-electron chi connectivity index (χ4n) is 1.63. The summed E-state index contributed by atoms with van der Waals surface area (Å²) < 4.78 is 38.9. The first-order valence-electron chi connectivity index (χ1n) is 5.54. The van der Waals surface area contributed by atoms with Gasteiger partial charge in [-0.05, 0) is 35.5 Å². The zero-order valence-electron chi connectivity index (χ0n) is 10.0. The smallest absolute Gasteiger partial charge is 0.293 e. The third-order valence-corrected chi connectivity index (χ3v) is 3.44. The lowest BCUT2D eigenvalue weighted by Crippen LogP contribution is -2.33. The van der Waals surface area contributed by atoms with Crippen LogP contribution in [0.4, 0.5) is 18.0 Å². The number of amides is 2. The van der Waals surface area contributed by atoms with E-state index >= 15 is 0 Å². The molecule has 0 radical (unpaired) electrons. The molecule has 4 nitrogen and oxygen atoms in total. The predicted molar refractivity (Wildman–Crippen MR) is 68.0 cm³/mol. The molecule has 1 saturated heterocycles. The van der Waals surface area contributed by atoms with Gasteiger partial charge in [-0.15, -0.1) is 0 Å². The summed E-state index contributed by atoms with van der Waals surface area (Å²) in [5.41, 5.74) is 5.23. The van der Waals surface area contributed by atoms with Crippen LogP contribution in [0.3, 0.4) is 0 Å². The molecule has 0 bridgehead atoms. The van der Waals surface area contributed by atoms with Gasteiger partial charge in [0.05, 0.1) is 4.91 Å². The molecule has 1 aliphatic heterocycles. The van der Waals surface area contributed by atoms with E-state index in [1.165, 1.54) is 0 Å². The summed E-state index contributed by atoms with van der Waals surface area (Å²) in [5, 5.41) is -0.505. The number of hydrogen-bond acceptors (Lipinski definition) is 4. The van der Waals surface area contributed by atoms with Crippen LogP contribution in [0.1, 0.15) is 5.56 Å². The summed E-state index contributed by atoms with van der Waals surface area (Å²) in [6.45, 7) is 0.180. The summed E-state index contributed by atoms with van der Waals surface area (Å²) in [4.78, 5) is 24.3. The number of carbonyl (C=O) groups is 2. The highest BCUT2D eigenvalue weighted by Crippen LogP contribution is 2.32. The molecule has 8 heteroatoms. The zero-order chi connectivity index (χ0) is 14.9. The Morgan fingerprint density at radius 2 is 1.80 bits per heavy atom. The summed E-state index contributed by atoms with van der Waals surface area (Å²) in [6, 6.07) is 1.49. The second-order valence-electron chi connectivity index (χ2n) is 3.92. The van der Waals surface area contributed by atoms with Gasteiger partial charge in [0, 0.05) is 13.1 Å². The topological polar surface area (TPSA) is 63.4 Å². The van der Waals surface area contributed by atoms with E-state index in [-0.39, 0.29) is 23.6 Å². The van der Waals surface area contributed by atoms with Crippen LogP contribution >= 0.6 is 11.8 Å². The molecular formula is C12H9F3N2O2S. The average Bonchev–Trinajstić information content (AvgIpc) is 2.64. The van der Waals surface area contributed by atoms with Gasteiger partial charge < -0.3 is 5.73 Å². The van der Waals surface area contributed by atoms with Crippen molar-refractivity contribution in [2.75, 3.05) is 13.1 Å². The Labute approximate surface area is 116 Å². The third-order valence-electron chi connectivity index (χ3n) is 2.53. The highest BCUT2D eigenvalue weighted by atomic mass is 32.2. The van der Waals surface area contributed by atoms with Gasteiger partial charge in [0.1, 0.15) is 0 Å². The van der Waals surface area contributed by atoms with Crippen molar-refractivity contribution in [1.29, 1.82) is 0 Å². The normalized spacial score (nSPS) is 17.4. The molecule has 1 aromatic carbocycles. The van der Waals surface area contributed by atoms with Crippen molar-refractivity contribution in [3.63, 3.8) is 0 Å². The number of nitrogens with two attached hydrogens (primary N) is 1. The molecule has 106 valence electrons. The van der Waals surface area contributed by atoms with E-state index in [0.29, 0.717) is 11.8 Å². The second kappa shape index (κ2) is 5.68. The van der Waals surface area contributed by atoms with Crippen LogP contribution in [0.5, 0.6) is 0 Å². The van der Waals surface area contributed by atoms with E-state index in [4.69, 9.17) is 5.73 Å². The summed E-state index contributed by atoms with van der Waals surface area (Å²) >= 11 is 0.637. The van der Waals surface area contributed by atoms with Gasteiger partial charge in [-0.2, -0.15) is 0 Å². The number of hydrogen-bond donors (Lipinski definition) is 1. The maximum absolute atomic E-state index is 13.1. The predicted octanol–water partition coefficient (Wildman–Crippen LogP) is 2.10. The molecular weight excluding hydrogens is 293 g/mol. The molecule has 0 aliphatic carbocycles. The maximum Gasteiger partial charge on any atom is 0.293 e. The van der Waals surface area contributed by atoms with E-state index in [1.54, 1.807) is 0 Å². The van der Waals surface area contributed by atoms with Crippen molar-refractivity contribution in [3.05, 3.63) is 40.1 Å². The zero-order valence-corrected chi connectivity index (χ0v) is 10.8. The van der Waals surface area contributed by atoms with E-state index < -0.39 is 28.6 Å². The van der Waals surface area contributed by atoms with Gasteiger partial charge in [-0.25, -0.2) is 13.2 Å². The molecule has 1 aromatic rings. The van der Waals surface area contributed by atoms with Crippen molar-refractivity contribution in [2.45, 2.75) is 0 Å². The minimum atomic E-state index is -1.58. The SMILES string of the molecule is NCCN1C(=O)SC(=Cc2cc(F)c(F)c(F)c2)C1=O. The van der Waals surface area contributed by atoms with Crippen molar-refractivity contribution in [1.82, 2.24) is 4.90 Å². The molecule has 2 amide bonds. The van der Waals surface area contributed by atoms with E-state index in [2.05, 4.69) is 0 Å². The molecule has 0 saturated carbocycles. The number of imide groups is 1. The molecule has 1 fully saturated rings. The Bertz CT molecular complexity index is 596. The van der Waals surface area contributed by atoms with Crippen LogP contribution in [0.15, 0.2) is 17.0 Å². The van der Waals surface area contributed by atoms with Crippen molar-refractivity contribution >= 4 is 29.0 Å². The summed E-state index contributed by atoms with van der Waals surface area (Å²) in [7, 11) is 0. The van der Waals surface area contributed by atoms with Gasteiger partial charge in [-0.1, -0.05) is 0 Å². The van der Waals surface area contributed by atoms with Crippen LogP contribution in [0.25, 0.3) is 6.08 Å². The number of benzene rings is 1. The fraction of sp³-hybridized carbons (Fsp3) is 0.167. The summed E-state index contributed by atoms with van der Waals surface area (Å²) in [5.74, 6) is -4.90.